The maximum Gasteiger partial charge on any atom is 0.253 e. The monoisotopic (exact) mass is 454 g/mol. The predicted octanol–water partition coefficient (Wildman–Crippen LogP) is 5.11. The van der Waals surface area contributed by atoms with Gasteiger partial charge in [0.1, 0.15) is 5.75 Å². The fourth-order valence-corrected chi connectivity index (χ4v) is 4.58. The third kappa shape index (κ3) is 4.59. The molecule has 0 saturated carbocycles. The van der Waals surface area contributed by atoms with E-state index in [0.717, 1.165) is 28.0 Å². The molecule has 33 heavy (non-hydrogen) atoms. The van der Waals surface area contributed by atoms with Gasteiger partial charge in [0, 0.05) is 18.8 Å². The molecule has 1 aromatic heterocycles. The Bertz CT molecular complexity index is 1310. The molecule has 1 aliphatic rings. The summed E-state index contributed by atoms with van der Waals surface area (Å²) in [6.45, 7) is 0. The fourth-order valence-electron chi connectivity index (χ4n) is 3.92. The Kier molecular flexibility index (Phi) is 6.04. The van der Waals surface area contributed by atoms with Crippen LogP contribution in [-0.2, 0) is 4.79 Å². The van der Waals surface area contributed by atoms with Gasteiger partial charge < -0.3 is 4.74 Å². The fraction of sp³-hybridized carbons (Fsp3) is 0.154. The van der Waals surface area contributed by atoms with Crippen LogP contribution in [0.25, 0.3) is 10.8 Å². The van der Waals surface area contributed by atoms with E-state index < -0.39 is 0 Å². The van der Waals surface area contributed by atoms with Gasteiger partial charge in [-0.15, -0.1) is 0 Å². The molecule has 5 rings (SSSR count). The van der Waals surface area contributed by atoms with Gasteiger partial charge in [0.2, 0.25) is 0 Å². The van der Waals surface area contributed by atoms with Gasteiger partial charge in [0.25, 0.3) is 5.91 Å². The molecule has 1 amide bonds. The number of thioether (sulfide) groups is 1. The second-order valence-corrected chi connectivity index (χ2v) is 8.60. The van der Waals surface area contributed by atoms with Crippen LogP contribution in [0.1, 0.15) is 23.6 Å². The van der Waals surface area contributed by atoms with Crippen molar-refractivity contribution in [1.29, 1.82) is 0 Å². The maximum atomic E-state index is 13.2. The first-order valence-electron chi connectivity index (χ1n) is 10.6. The molecule has 0 radical (unpaired) electrons. The number of hydrogen-bond acceptors (Lipinski definition) is 6. The van der Waals surface area contributed by atoms with Crippen LogP contribution in [0.2, 0.25) is 0 Å². The van der Waals surface area contributed by atoms with E-state index in [9.17, 15) is 4.79 Å². The third-order valence-electron chi connectivity index (χ3n) is 5.62. The zero-order chi connectivity index (χ0) is 22.6. The molecule has 1 atom stereocenters. The van der Waals surface area contributed by atoms with Crippen molar-refractivity contribution in [2.75, 3.05) is 12.9 Å². The molecule has 4 aromatic rings. The largest absolute Gasteiger partial charge is 0.497 e. The molecule has 2 heterocycles. The number of rotatable bonds is 6. The molecule has 0 unspecified atom stereocenters. The summed E-state index contributed by atoms with van der Waals surface area (Å²) in [5.41, 5.74) is 2.95. The molecule has 0 aliphatic carbocycles. The number of hydrazone groups is 1. The van der Waals surface area contributed by atoms with Crippen LogP contribution >= 0.6 is 11.8 Å². The SMILES string of the molecule is COc1ccc([C@H]2CC(c3ccc4ccccc4c3)=NN2C(=O)CSc2ncccn2)cc1. The van der Waals surface area contributed by atoms with Gasteiger partial charge in [-0.2, -0.15) is 5.10 Å². The summed E-state index contributed by atoms with van der Waals surface area (Å²) in [7, 11) is 1.64. The molecule has 0 bridgehead atoms. The van der Waals surface area contributed by atoms with Gasteiger partial charge in [-0.25, -0.2) is 15.0 Å². The zero-order valence-corrected chi connectivity index (χ0v) is 18.9. The summed E-state index contributed by atoms with van der Waals surface area (Å²) in [6.07, 6.45) is 3.99. The summed E-state index contributed by atoms with van der Waals surface area (Å²) in [5.74, 6) is 0.914. The van der Waals surface area contributed by atoms with Gasteiger partial charge in [0.15, 0.2) is 5.16 Å². The molecule has 0 spiro atoms. The van der Waals surface area contributed by atoms with Crippen molar-refractivity contribution >= 4 is 34.2 Å². The van der Waals surface area contributed by atoms with Crippen molar-refractivity contribution in [3.8, 4) is 5.75 Å². The van der Waals surface area contributed by atoms with Crippen molar-refractivity contribution in [1.82, 2.24) is 15.0 Å². The lowest BCUT2D eigenvalue weighted by Crippen LogP contribution is -2.28. The summed E-state index contributed by atoms with van der Waals surface area (Å²) in [4.78, 5) is 21.6. The van der Waals surface area contributed by atoms with Gasteiger partial charge in [-0.05, 0) is 46.2 Å². The summed E-state index contributed by atoms with van der Waals surface area (Å²) in [6, 6.07) is 24.0. The lowest BCUT2D eigenvalue weighted by Gasteiger charge is -2.22. The molecular formula is C26H22N4O2S. The first-order chi connectivity index (χ1) is 16.2. The molecule has 7 heteroatoms. The van der Waals surface area contributed by atoms with Crippen LogP contribution in [0.4, 0.5) is 0 Å². The molecule has 0 fully saturated rings. The Morgan fingerprint density at radius 2 is 1.76 bits per heavy atom. The molecule has 6 nitrogen and oxygen atoms in total. The van der Waals surface area contributed by atoms with E-state index in [4.69, 9.17) is 9.84 Å². The van der Waals surface area contributed by atoms with E-state index in [1.54, 1.807) is 30.6 Å². The lowest BCUT2D eigenvalue weighted by atomic mass is 9.97. The normalized spacial score (nSPS) is 15.5. The second kappa shape index (κ2) is 9.42. The number of ether oxygens (including phenoxy) is 1. The third-order valence-corrected chi connectivity index (χ3v) is 6.48. The molecule has 0 N–H and O–H groups in total. The van der Waals surface area contributed by atoms with Crippen LogP contribution in [0, 0.1) is 0 Å². The summed E-state index contributed by atoms with van der Waals surface area (Å²) >= 11 is 1.31. The van der Waals surface area contributed by atoms with E-state index in [-0.39, 0.29) is 17.7 Å². The van der Waals surface area contributed by atoms with Gasteiger partial charge in [-0.1, -0.05) is 60.3 Å². The molecule has 164 valence electrons. The quantitative estimate of drug-likeness (QED) is 0.299. The number of aromatic nitrogens is 2. The highest BCUT2D eigenvalue weighted by Crippen LogP contribution is 2.35. The lowest BCUT2D eigenvalue weighted by molar-refractivity contribution is -0.130. The molecule has 3 aromatic carbocycles. The smallest absolute Gasteiger partial charge is 0.253 e. The molecular weight excluding hydrogens is 432 g/mol. The number of amides is 1. The molecule has 0 saturated heterocycles. The Morgan fingerprint density at radius 3 is 2.52 bits per heavy atom. The second-order valence-electron chi connectivity index (χ2n) is 7.66. The number of benzene rings is 3. The Balaban J connectivity index is 1.44. The highest BCUT2D eigenvalue weighted by Gasteiger charge is 2.33. The number of nitrogens with zero attached hydrogens (tertiary/aromatic N) is 4. The predicted molar refractivity (Wildman–Crippen MR) is 130 cm³/mol. The Morgan fingerprint density at radius 1 is 1.00 bits per heavy atom. The van der Waals surface area contributed by atoms with E-state index in [0.29, 0.717) is 11.6 Å². The van der Waals surface area contributed by atoms with Crippen LogP contribution in [0.3, 0.4) is 0 Å². The average molecular weight is 455 g/mol. The van der Waals surface area contributed by atoms with Crippen LogP contribution in [0.5, 0.6) is 5.75 Å². The van der Waals surface area contributed by atoms with Crippen LogP contribution in [-0.4, -0.2) is 39.5 Å². The maximum absolute atomic E-state index is 13.2. The highest BCUT2D eigenvalue weighted by molar-refractivity contribution is 7.99. The van der Waals surface area contributed by atoms with Crippen molar-refractivity contribution in [3.05, 3.63) is 96.3 Å². The number of hydrogen-bond donors (Lipinski definition) is 0. The average Bonchev–Trinajstić information content (AvgIpc) is 3.33. The Hall–Kier alpha value is -3.71. The van der Waals surface area contributed by atoms with Crippen molar-refractivity contribution in [2.24, 2.45) is 5.10 Å². The Labute approximate surface area is 196 Å². The number of methoxy groups -OCH3 is 1. The number of fused-ring (bicyclic) bond motifs is 1. The highest BCUT2D eigenvalue weighted by atomic mass is 32.2. The van der Waals surface area contributed by atoms with Crippen LogP contribution in [0.15, 0.2) is 95.4 Å². The first-order valence-corrected chi connectivity index (χ1v) is 11.6. The standard InChI is InChI=1S/C26H22N4O2S/c1-32-22-11-9-19(10-12-22)24-16-23(21-8-7-18-5-2-3-6-20(18)15-21)29-30(24)25(31)17-33-26-27-13-4-14-28-26/h2-15,24H,16-17H2,1H3/t24-/m1/s1. The minimum Gasteiger partial charge on any atom is -0.497 e. The van der Waals surface area contributed by atoms with E-state index in [2.05, 4.69) is 40.3 Å². The number of carbonyl (C=O) groups is 1. The zero-order valence-electron chi connectivity index (χ0n) is 18.1. The summed E-state index contributed by atoms with van der Waals surface area (Å²) < 4.78 is 5.30. The summed E-state index contributed by atoms with van der Waals surface area (Å²) in [5, 5.41) is 9.31. The van der Waals surface area contributed by atoms with E-state index in [1.165, 1.54) is 17.1 Å². The van der Waals surface area contributed by atoms with E-state index >= 15 is 0 Å². The van der Waals surface area contributed by atoms with Crippen molar-refractivity contribution < 1.29 is 9.53 Å². The topological polar surface area (TPSA) is 67.7 Å². The van der Waals surface area contributed by atoms with Crippen molar-refractivity contribution in [2.45, 2.75) is 17.6 Å². The minimum absolute atomic E-state index is 0.0796. The van der Waals surface area contributed by atoms with Crippen LogP contribution < -0.4 is 4.74 Å². The van der Waals surface area contributed by atoms with Gasteiger partial charge in [-0.3, -0.25) is 4.79 Å². The van der Waals surface area contributed by atoms with Gasteiger partial charge >= 0.3 is 0 Å². The number of carbonyl (C=O) groups excluding carboxylic acids is 1. The van der Waals surface area contributed by atoms with Gasteiger partial charge in [0.05, 0.1) is 24.6 Å². The molecule has 1 aliphatic heterocycles. The van der Waals surface area contributed by atoms with E-state index in [1.807, 2.05) is 36.4 Å². The minimum atomic E-state index is -0.179. The first kappa shape index (κ1) is 21.2. The van der Waals surface area contributed by atoms with Crippen molar-refractivity contribution in [3.63, 3.8) is 0 Å².